The number of fused-ring (bicyclic) bond motifs is 3. The monoisotopic (exact) mass is 539 g/mol. The third kappa shape index (κ3) is 6.61. The molecule has 3 aromatic carbocycles. The second-order valence-electron chi connectivity index (χ2n) is 9.23. The minimum atomic E-state index is -0.677. The van der Waals surface area contributed by atoms with E-state index in [1.807, 2.05) is 84.9 Å². The number of hydrogen-bond donors (Lipinski definition) is 2. The summed E-state index contributed by atoms with van der Waals surface area (Å²) in [6, 6.07) is 26.5. The fraction of sp³-hybridized carbons (Fsp3) is 0.233. The fourth-order valence-electron chi connectivity index (χ4n) is 4.41. The predicted molar refractivity (Wildman–Crippen MR) is 154 cm³/mol. The Bertz CT molecular complexity index is 1410. The van der Waals surface area contributed by atoms with Crippen molar-refractivity contribution >= 4 is 46.2 Å². The van der Waals surface area contributed by atoms with Crippen LogP contribution in [0.4, 0.5) is 5.69 Å². The van der Waals surface area contributed by atoms with E-state index in [2.05, 4.69) is 15.6 Å². The van der Waals surface area contributed by atoms with Gasteiger partial charge in [-0.05, 0) is 36.1 Å². The van der Waals surface area contributed by atoms with Crippen molar-refractivity contribution in [1.29, 1.82) is 0 Å². The molecule has 2 aliphatic heterocycles. The van der Waals surface area contributed by atoms with Crippen molar-refractivity contribution in [2.75, 3.05) is 12.3 Å². The number of para-hydroxylation sites is 1. The van der Waals surface area contributed by atoms with Crippen molar-refractivity contribution in [3.8, 4) is 0 Å². The molecule has 9 heteroatoms. The summed E-state index contributed by atoms with van der Waals surface area (Å²) < 4.78 is 0. The predicted octanol–water partition coefficient (Wildman–Crippen LogP) is 3.83. The number of carbonyl (C=O) groups is 3. The lowest BCUT2D eigenvalue weighted by atomic mass is 10.1. The second-order valence-corrected chi connectivity index (χ2v) is 10.2. The van der Waals surface area contributed by atoms with Crippen LogP contribution in [-0.4, -0.2) is 52.0 Å². The van der Waals surface area contributed by atoms with Gasteiger partial charge in [-0.2, -0.15) is 0 Å². The van der Waals surface area contributed by atoms with Gasteiger partial charge < -0.3 is 10.6 Å². The molecule has 8 nitrogen and oxygen atoms in total. The average Bonchev–Trinajstić information content (AvgIpc) is 3.31. The summed E-state index contributed by atoms with van der Waals surface area (Å²) in [5.74, 6) is 0.140. The lowest BCUT2D eigenvalue weighted by molar-refractivity contribution is -0.125. The van der Waals surface area contributed by atoms with Gasteiger partial charge in [-0.15, -0.1) is 0 Å². The van der Waals surface area contributed by atoms with Gasteiger partial charge in [0.25, 0.3) is 5.91 Å². The summed E-state index contributed by atoms with van der Waals surface area (Å²) in [4.78, 5) is 49.3. The molecule has 0 unspecified atom stereocenters. The number of nitrogens with zero attached hydrogens (tertiary/aromatic N) is 3. The summed E-state index contributed by atoms with van der Waals surface area (Å²) in [5, 5.41) is 6.25. The second kappa shape index (κ2) is 12.5. The molecule has 3 amide bonds. The number of hydrogen-bond acceptors (Lipinski definition) is 6. The molecular weight excluding hydrogens is 510 g/mol. The summed E-state index contributed by atoms with van der Waals surface area (Å²) >= 11 is 1.20. The SMILES string of the molecule is O=C(CC[C@@H]1N=C2c3ccccc3N=C(SCC(=O)NCc3ccccc3)N2C1=O)NCCc1ccccc1. The maximum atomic E-state index is 13.4. The standard InChI is InChI=1S/C30H29N5O3S/c36-26(31-18-17-21-9-3-1-4-10-21)16-15-25-29(38)35-28(33-25)23-13-7-8-14-24(23)34-30(35)39-20-27(37)32-19-22-11-5-2-6-12-22/h1-14,25H,15-20H2,(H,31,36)(H,32,37)/t25-/m0/s1. The molecule has 0 radical (unpaired) electrons. The van der Waals surface area contributed by atoms with Crippen LogP contribution in [-0.2, 0) is 27.3 Å². The highest BCUT2D eigenvalue weighted by atomic mass is 32.2. The Morgan fingerprint density at radius 1 is 0.846 bits per heavy atom. The average molecular weight is 540 g/mol. The van der Waals surface area contributed by atoms with Gasteiger partial charge in [0, 0.05) is 25.1 Å². The molecule has 3 aromatic rings. The van der Waals surface area contributed by atoms with Gasteiger partial charge in [-0.25, -0.2) is 9.89 Å². The van der Waals surface area contributed by atoms with Gasteiger partial charge in [0.05, 0.1) is 11.4 Å². The third-order valence-electron chi connectivity index (χ3n) is 6.44. The van der Waals surface area contributed by atoms with Crippen molar-refractivity contribution < 1.29 is 14.4 Å². The van der Waals surface area contributed by atoms with E-state index >= 15 is 0 Å². The molecule has 2 heterocycles. The highest BCUT2D eigenvalue weighted by Gasteiger charge is 2.41. The molecule has 2 N–H and O–H groups in total. The first-order valence-corrected chi connectivity index (χ1v) is 13.9. The molecular formula is C30H29N5O3S. The number of rotatable bonds is 10. The zero-order valence-electron chi connectivity index (χ0n) is 21.4. The maximum Gasteiger partial charge on any atom is 0.259 e. The minimum Gasteiger partial charge on any atom is -0.356 e. The van der Waals surface area contributed by atoms with Crippen LogP contribution in [0.25, 0.3) is 0 Å². The molecule has 5 rings (SSSR count). The summed E-state index contributed by atoms with van der Waals surface area (Å²) in [6.45, 7) is 0.968. The van der Waals surface area contributed by atoms with Crippen molar-refractivity contribution in [3.05, 3.63) is 102 Å². The Balaban J connectivity index is 1.19. The Morgan fingerprint density at radius 2 is 1.54 bits per heavy atom. The van der Waals surface area contributed by atoms with Crippen LogP contribution in [0.15, 0.2) is 94.9 Å². The van der Waals surface area contributed by atoms with Crippen LogP contribution in [0.2, 0.25) is 0 Å². The molecule has 2 aliphatic rings. The number of aliphatic imine (C=N–C) groups is 2. The molecule has 0 saturated heterocycles. The number of benzene rings is 3. The molecule has 0 spiro atoms. The van der Waals surface area contributed by atoms with E-state index in [4.69, 9.17) is 4.99 Å². The fourth-order valence-corrected chi connectivity index (χ4v) is 5.24. The van der Waals surface area contributed by atoms with Crippen LogP contribution >= 0.6 is 11.8 Å². The van der Waals surface area contributed by atoms with E-state index in [1.54, 1.807) is 0 Å². The van der Waals surface area contributed by atoms with Crippen LogP contribution in [0.1, 0.15) is 29.5 Å². The Kier molecular flexibility index (Phi) is 8.48. The highest BCUT2D eigenvalue weighted by molar-refractivity contribution is 8.14. The van der Waals surface area contributed by atoms with Gasteiger partial charge >= 0.3 is 0 Å². The Morgan fingerprint density at radius 3 is 2.31 bits per heavy atom. The first-order valence-electron chi connectivity index (χ1n) is 12.9. The third-order valence-corrected chi connectivity index (χ3v) is 7.37. The summed E-state index contributed by atoms with van der Waals surface area (Å²) in [7, 11) is 0. The quantitative estimate of drug-likeness (QED) is 0.409. The number of nitrogens with one attached hydrogen (secondary N) is 2. The van der Waals surface area contributed by atoms with Gasteiger partial charge in [-0.3, -0.25) is 19.4 Å². The number of carbonyl (C=O) groups excluding carboxylic acids is 3. The van der Waals surface area contributed by atoms with Crippen LogP contribution in [0, 0.1) is 0 Å². The molecule has 0 aromatic heterocycles. The van der Waals surface area contributed by atoms with E-state index in [9.17, 15) is 14.4 Å². The van der Waals surface area contributed by atoms with Gasteiger partial charge in [0.15, 0.2) is 5.17 Å². The van der Waals surface area contributed by atoms with E-state index in [-0.39, 0.29) is 29.9 Å². The van der Waals surface area contributed by atoms with Crippen molar-refractivity contribution in [2.24, 2.45) is 9.98 Å². The molecule has 0 saturated carbocycles. The van der Waals surface area contributed by atoms with Crippen molar-refractivity contribution in [3.63, 3.8) is 0 Å². The molecule has 0 fully saturated rings. The van der Waals surface area contributed by atoms with E-state index < -0.39 is 6.04 Å². The number of amides is 3. The zero-order chi connectivity index (χ0) is 27.0. The van der Waals surface area contributed by atoms with Crippen LogP contribution < -0.4 is 10.6 Å². The summed E-state index contributed by atoms with van der Waals surface area (Å²) in [5.41, 5.74) is 3.63. The van der Waals surface area contributed by atoms with Gasteiger partial charge in [-0.1, -0.05) is 84.6 Å². The lowest BCUT2D eigenvalue weighted by Crippen LogP contribution is -2.41. The molecule has 0 bridgehead atoms. The molecule has 1 atom stereocenters. The first-order chi connectivity index (χ1) is 19.1. The Labute approximate surface area is 231 Å². The van der Waals surface area contributed by atoms with E-state index in [0.717, 1.165) is 23.1 Å². The highest BCUT2D eigenvalue weighted by Crippen LogP contribution is 2.34. The van der Waals surface area contributed by atoms with E-state index in [0.29, 0.717) is 36.2 Å². The van der Waals surface area contributed by atoms with E-state index in [1.165, 1.54) is 16.7 Å². The lowest BCUT2D eigenvalue weighted by Gasteiger charge is -2.25. The van der Waals surface area contributed by atoms with Crippen LogP contribution in [0.3, 0.4) is 0 Å². The van der Waals surface area contributed by atoms with Crippen molar-refractivity contribution in [2.45, 2.75) is 31.8 Å². The maximum absolute atomic E-state index is 13.4. The summed E-state index contributed by atoms with van der Waals surface area (Å²) in [6.07, 6.45) is 1.24. The van der Waals surface area contributed by atoms with Gasteiger partial charge in [0.1, 0.15) is 11.9 Å². The number of amidine groups is 2. The molecule has 0 aliphatic carbocycles. The van der Waals surface area contributed by atoms with Crippen LogP contribution in [0.5, 0.6) is 0 Å². The smallest absolute Gasteiger partial charge is 0.259 e. The number of thioether (sulfide) groups is 1. The molecule has 198 valence electrons. The zero-order valence-corrected chi connectivity index (χ0v) is 22.2. The largest absolute Gasteiger partial charge is 0.356 e. The van der Waals surface area contributed by atoms with Crippen molar-refractivity contribution in [1.82, 2.24) is 15.5 Å². The Hall–Kier alpha value is -4.24. The minimum absolute atomic E-state index is 0.109. The topological polar surface area (TPSA) is 103 Å². The first kappa shape index (κ1) is 26.4. The van der Waals surface area contributed by atoms with Gasteiger partial charge in [0.2, 0.25) is 11.8 Å². The molecule has 39 heavy (non-hydrogen) atoms. The normalized spacial score (nSPS) is 15.6.